The van der Waals surface area contributed by atoms with Gasteiger partial charge >= 0.3 is 17.3 Å². The maximum absolute atomic E-state index is 10.8. The molecule has 0 aliphatic heterocycles. The van der Waals surface area contributed by atoms with E-state index in [1.165, 1.54) is 19.1 Å². The number of anilines is 1. The van der Waals surface area contributed by atoms with Crippen LogP contribution in [0.15, 0.2) is 18.2 Å². The number of hydrogen-bond donors (Lipinski definition) is 2. The average Bonchev–Trinajstić information content (AvgIpc) is 2.27. The number of hydrogen-bond acceptors (Lipinski definition) is 6. The highest BCUT2D eigenvalue weighted by Crippen LogP contribution is 2.34. The lowest BCUT2D eigenvalue weighted by Gasteiger charge is -2.10. The van der Waals surface area contributed by atoms with Gasteiger partial charge in [0.1, 0.15) is 11.7 Å². The first-order valence-electron chi connectivity index (χ1n) is 4.75. The van der Waals surface area contributed by atoms with Crippen LogP contribution < -0.4 is 5.32 Å². The standard InChI is InChI=1S/C9H9N3O6/c1-5(9(13)14)10-6-3-2-4-7(11(15)16)8(6)12(17)18/h2-5,10H,1H3,(H,13,14). The minimum Gasteiger partial charge on any atom is -0.480 e. The summed E-state index contributed by atoms with van der Waals surface area (Å²) in [5.41, 5.74) is -1.65. The molecule has 0 spiro atoms. The fourth-order valence-electron chi connectivity index (χ4n) is 1.28. The van der Waals surface area contributed by atoms with E-state index in [9.17, 15) is 25.0 Å². The first-order valence-corrected chi connectivity index (χ1v) is 4.75. The minimum atomic E-state index is -1.23. The predicted molar refractivity (Wildman–Crippen MR) is 60.5 cm³/mol. The average molecular weight is 255 g/mol. The molecular formula is C9H9N3O6. The fourth-order valence-corrected chi connectivity index (χ4v) is 1.28. The van der Waals surface area contributed by atoms with Crippen LogP contribution in [0.1, 0.15) is 6.92 Å². The molecule has 1 aromatic carbocycles. The third kappa shape index (κ3) is 2.70. The highest BCUT2D eigenvalue weighted by atomic mass is 16.6. The van der Waals surface area contributed by atoms with Gasteiger partial charge in [-0.05, 0) is 13.0 Å². The van der Waals surface area contributed by atoms with Gasteiger partial charge in [-0.3, -0.25) is 25.0 Å². The Labute approximate surface area is 100 Å². The van der Waals surface area contributed by atoms with Crippen molar-refractivity contribution in [1.29, 1.82) is 0 Å². The summed E-state index contributed by atoms with van der Waals surface area (Å²) in [6.45, 7) is 1.27. The van der Waals surface area contributed by atoms with Crippen molar-refractivity contribution in [3.63, 3.8) is 0 Å². The third-order valence-corrected chi connectivity index (χ3v) is 2.14. The Morgan fingerprint density at radius 1 is 1.33 bits per heavy atom. The molecule has 9 nitrogen and oxygen atoms in total. The van der Waals surface area contributed by atoms with Crippen molar-refractivity contribution in [1.82, 2.24) is 0 Å². The van der Waals surface area contributed by atoms with Crippen LogP contribution in [0.2, 0.25) is 0 Å². The van der Waals surface area contributed by atoms with Crippen LogP contribution >= 0.6 is 0 Å². The number of nitro groups is 2. The van der Waals surface area contributed by atoms with E-state index in [-0.39, 0.29) is 5.69 Å². The summed E-state index contributed by atoms with van der Waals surface area (Å²) < 4.78 is 0. The van der Waals surface area contributed by atoms with Crippen molar-refractivity contribution in [3.8, 4) is 0 Å². The maximum atomic E-state index is 10.8. The quantitative estimate of drug-likeness (QED) is 0.599. The van der Waals surface area contributed by atoms with Gasteiger partial charge in [-0.1, -0.05) is 6.07 Å². The Morgan fingerprint density at radius 2 is 1.94 bits per heavy atom. The van der Waals surface area contributed by atoms with Crippen LogP contribution in [0, 0.1) is 20.2 Å². The first-order chi connectivity index (χ1) is 8.34. The Kier molecular flexibility index (Phi) is 3.77. The van der Waals surface area contributed by atoms with E-state index in [0.717, 1.165) is 6.07 Å². The van der Waals surface area contributed by atoms with Gasteiger partial charge in [0, 0.05) is 6.07 Å². The highest BCUT2D eigenvalue weighted by Gasteiger charge is 2.29. The van der Waals surface area contributed by atoms with E-state index in [0.29, 0.717) is 0 Å². The molecule has 0 aliphatic carbocycles. The summed E-state index contributed by atoms with van der Waals surface area (Å²) in [6.07, 6.45) is 0. The molecule has 0 fully saturated rings. The second-order valence-electron chi connectivity index (χ2n) is 3.39. The smallest absolute Gasteiger partial charge is 0.368 e. The molecule has 2 N–H and O–H groups in total. The molecule has 0 bridgehead atoms. The molecule has 18 heavy (non-hydrogen) atoms. The number of para-hydroxylation sites is 1. The fraction of sp³-hybridized carbons (Fsp3) is 0.222. The Hall–Kier alpha value is -2.71. The van der Waals surface area contributed by atoms with Gasteiger partial charge in [0.25, 0.3) is 0 Å². The van der Waals surface area contributed by atoms with Crippen LogP contribution in [0.3, 0.4) is 0 Å². The minimum absolute atomic E-state index is 0.205. The molecule has 0 saturated carbocycles. The number of nitro benzene ring substituents is 2. The number of nitrogens with one attached hydrogen (secondary N) is 1. The molecular weight excluding hydrogens is 246 g/mol. The van der Waals surface area contributed by atoms with Gasteiger partial charge in [-0.15, -0.1) is 0 Å². The molecule has 9 heteroatoms. The van der Waals surface area contributed by atoms with Crippen molar-refractivity contribution in [3.05, 3.63) is 38.4 Å². The maximum Gasteiger partial charge on any atom is 0.368 e. The Bertz CT molecular complexity index is 515. The first kappa shape index (κ1) is 13.4. The van der Waals surface area contributed by atoms with Crippen molar-refractivity contribution in [2.45, 2.75) is 13.0 Å². The summed E-state index contributed by atoms with van der Waals surface area (Å²) in [5, 5.41) is 32.5. The number of carboxylic acid groups (broad SMARTS) is 1. The van der Waals surface area contributed by atoms with E-state index in [2.05, 4.69) is 5.32 Å². The molecule has 96 valence electrons. The van der Waals surface area contributed by atoms with Crippen molar-refractivity contribution in [2.75, 3.05) is 5.32 Å². The Morgan fingerprint density at radius 3 is 2.39 bits per heavy atom. The van der Waals surface area contributed by atoms with Gasteiger partial charge in [0.15, 0.2) is 0 Å². The lowest BCUT2D eigenvalue weighted by atomic mass is 10.2. The number of aliphatic carboxylic acids is 1. The van der Waals surface area contributed by atoms with Gasteiger partial charge in [0.2, 0.25) is 0 Å². The molecule has 0 aliphatic rings. The van der Waals surface area contributed by atoms with E-state index in [1.807, 2.05) is 0 Å². The van der Waals surface area contributed by atoms with E-state index >= 15 is 0 Å². The van der Waals surface area contributed by atoms with Crippen LogP contribution in [0.4, 0.5) is 17.1 Å². The molecule has 0 radical (unpaired) electrons. The monoisotopic (exact) mass is 255 g/mol. The molecule has 1 unspecified atom stereocenters. The number of benzene rings is 1. The van der Waals surface area contributed by atoms with Gasteiger partial charge in [-0.25, -0.2) is 0 Å². The largest absolute Gasteiger partial charge is 0.480 e. The lowest BCUT2D eigenvalue weighted by Crippen LogP contribution is -2.25. The Balaban J connectivity index is 3.27. The lowest BCUT2D eigenvalue weighted by molar-refractivity contribution is -0.421. The van der Waals surface area contributed by atoms with Crippen molar-refractivity contribution in [2.24, 2.45) is 0 Å². The van der Waals surface area contributed by atoms with Crippen LogP contribution in [0.25, 0.3) is 0 Å². The van der Waals surface area contributed by atoms with E-state index in [4.69, 9.17) is 5.11 Å². The van der Waals surface area contributed by atoms with Crippen LogP contribution in [0.5, 0.6) is 0 Å². The summed E-state index contributed by atoms with van der Waals surface area (Å²) in [6, 6.07) is 2.33. The predicted octanol–water partition coefficient (Wildman–Crippen LogP) is 1.39. The third-order valence-electron chi connectivity index (χ3n) is 2.14. The van der Waals surface area contributed by atoms with Crippen molar-refractivity contribution < 1.29 is 19.7 Å². The molecule has 0 saturated heterocycles. The number of carboxylic acids is 1. The molecule has 1 aromatic rings. The van der Waals surface area contributed by atoms with Crippen molar-refractivity contribution >= 4 is 23.0 Å². The second kappa shape index (κ2) is 5.08. The number of rotatable bonds is 5. The number of carbonyl (C=O) groups is 1. The molecule has 0 amide bonds. The zero-order valence-corrected chi connectivity index (χ0v) is 9.19. The van der Waals surface area contributed by atoms with Gasteiger partial charge in [-0.2, -0.15) is 0 Å². The zero-order chi connectivity index (χ0) is 13.9. The zero-order valence-electron chi connectivity index (χ0n) is 9.19. The highest BCUT2D eigenvalue weighted by molar-refractivity contribution is 5.80. The SMILES string of the molecule is CC(Nc1cccc([N+](=O)[O-])c1[N+](=O)[O-])C(=O)O. The topological polar surface area (TPSA) is 136 Å². The summed E-state index contributed by atoms with van der Waals surface area (Å²) in [5.74, 6) is -1.23. The summed E-state index contributed by atoms with van der Waals surface area (Å²) in [7, 11) is 0. The summed E-state index contributed by atoms with van der Waals surface area (Å²) >= 11 is 0. The number of nitrogens with zero attached hydrogens (tertiary/aromatic N) is 2. The second-order valence-corrected chi connectivity index (χ2v) is 3.39. The molecule has 0 aromatic heterocycles. The van der Waals surface area contributed by atoms with Gasteiger partial charge in [0.05, 0.1) is 9.85 Å². The van der Waals surface area contributed by atoms with E-state index in [1.54, 1.807) is 0 Å². The molecule has 1 atom stereocenters. The normalized spacial score (nSPS) is 11.6. The van der Waals surface area contributed by atoms with Crippen LogP contribution in [-0.2, 0) is 4.79 Å². The summed E-state index contributed by atoms with van der Waals surface area (Å²) in [4.78, 5) is 30.3. The van der Waals surface area contributed by atoms with E-state index < -0.39 is 33.2 Å². The molecule has 0 heterocycles. The molecule has 1 rings (SSSR count). The van der Waals surface area contributed by atoms with Gasteiger partial charge < -0.3 is 10.4 Å². The van der Waals surface area contributed by atoms with Crippen LogP contribution in [-0.4, -0.2) is 27.0 Å².